The van der Waals surface area contributed by atoms with Gasteiger partial charge in [0.1, 0.15) is 24.4 Å². The molecule has 268 valence electrons. The summed E-state index contributed by atoms with van der Waals surface area (Å²) < 4.78 is 45.6. The fourth-order valence-corrected chi connectivity index (χ4v) is 12.9. The largest absolute Gasteiger partial charge is 0.391 e. The van der Waals surface area contributed by atoms with Crippen LogP contribution in [0.5, 0.6) is 0 Å². The van der Waals surface area contributed by atoms with E-state index in [4.69, 9.17) is 32.5 Å². The summed E-state index contributed by atoms with van der Waals surface area (Å²) in [7, 11) is -2.71. The van der Waals surface area contributed by atoms with Crippen molar-refractivity contribution >= 4 is 14.3 Å². The van der Waals surface area contributed by atoms with Crippen LogP contribution in [0, 0.1) is 0 Å². The average Bonchev–Trinajstić information content (AvgIpc) is 3.21. The predicted octanol–water partition coefficient (Wildman–Crippen LogP) is 6.21. The van der Waals surface area contributed by atoms with Gasteiger partial charge in [0.15, 0.2) is 5.78 Å². The Morgan fingerprint density at radius 1 is 0.796 bits per heavy atom. The van der Waals surface area contributed by atoms with Gasteiger partial charge in [-0.25, -0.2) is 0 Å². The van der Waals surface area contributed by atoms with Crippen molar-refractivity contribution in [1.29, 1.82) is 0 Å². The van der Waals surface area contributed by atoms with E-state index >= 15 is 0 Å². The van der Waals surface area contributed by atoms with Crippen LogP contribution >= 0.6 is 0 Å². The first-order chi connectivity index (χ1) is 23.3. The molecule has 3 saturated heterocycles. The van der Waals surface area contributed by atoms with Crippen LogP contribution in [0.4, 0.5) is 0 Å². The van der Waals surface area contributed by atoms with Crippen molar-refractivity contribution < 1.29 is 42.4 Å². The van der Waals surface area contributed by atoms with Crippen molar-refractivity contribution in [3.63, 3.8) is 0 Å². The Kier molecular flexibility index (Phi) is 11.3. The Morgan fingerprint density at radius 2 is 1.45 bits per heavy atom. The standard InChI is InChI=1S/C39H54O9Si/c1-38(2,3)49(39(4,5)6)44-25-37-35(48-49)21-34-30(45-37)18-17-28(40)31(46-34)20-32-29(41)19-33(43-23-27-15-11-8-12-16-27)36(47-32)24-42-22-26-13-9-7-10-14-26/h7-18,29-37,41H,19-25H2,1-6H3/t29-,30-,31-,32+,33+,34+,35-,36-,37+/m0/s1. The van der Waals surface area contributed by atoms with Gasteiger partial charge in [-0.05, 0) is 23.3 Å². The monoisotopic (exact) mass is 694 g/mol. The summed E-state index contributed by atoms with van der Waals surface area (Å²) in [6, 6.07) is 19.9. The molecule has 0 aliphatic carbocycles. The Bertz CT molecular complexity index is 1390. The molecule has 4 aliphatic rings. The molecule has 0 unspecified atom stereocenters. The summed E-state index contributed by atoms with van der Waals surface area (Å²) in [6.07, 6.45) is 0.188. The molecule has 0 radical (unpaired) electrons. The lowest BCUT2D eigenvalue weighted by atomic mass is 9.93. The van der Waals surface area contributed by atoms with Crippen molar-refractivity contribution in [2.24, 2.45) is 0 Å². The fraction of sp³-hybridized carbons (Fsp3) is 0.615. The number of aliphatic hydroxyl groups is 1. The summed E-state index contributed by atoms with van der Waals surface area (Å²) in [5.74, 6) is -0.165. The van der Waals surface area contributed by atoms with Gasteiger partial charge in [-0.1, -0.05) is 102 Å². The molecule has 0 bridgehead atoms. The van der Waals surface area contributed by atoms with Crippen LogP contribution in [0.3, 0.4) is 0 Å². The van der Waals surface area contributed by atoms with E-state index in [2.05, 4.69) is 41.5 Å². The lowest BCUT2D eigenvalue weighted by Crippen LogP contribution is -2.67. The first-order valence-corrected chi connectivity index (χ1v) is 19.6. The predicted molar refractivity (Wildman–Crippen MR) is 187 cm³/mol. The molecule has 49 heavy (non-hydrogen) atoms. The number of benzene rings is 2. The Labute approximate surface area is 292 Å². The zero-order chi connectivity index (χ0) is 34.8. The second kappa shape index (κ2) is 15.2. The third-order valence-electron chi connectivity index (χ3n) is 10.2. The second-order valence-electron chi connectivity index (χ2n) is 16.0. The van der Waals surface area contributed by atoms with Gasteiger partial charge in [0, 0.05) is 29.3 Å². The summed E-state index contributed by atoms with van der Waals surface area (Å²) in [5, 5.41) is 11.0. The van der Waals surface area contributed by atoms with Crippen molar-refractivity contribution in [2.45, 2.75) is 139 Å². The van der Waals surface area contributed by atoms with E-state index in [9.17, 15) is 9.90 Å². The van der Waals surface area contributed by atoms with E-state index in [1.807, 2.05) is 66.7 Å². The van der Waals surface area contributed by atoms with Crippen molar-refractivity contribution in [2.75, 3.05) is 13.2 Å². The van der Waals surface area contributed by atoms with Gasteiger partial charge in [-0.3, -0.25) is 4.79 Å². The maximum Gasteiger partial charge on any atom is 0.349 e. The first kappa shape index (κ1) is 36.5. The molecule has 2 aromatic carbocycles. The van der Waals surface area contributed by atoms with Gasteiger partial charge in [0.2, 0.25) is 0 Å². The Hall–Kier alpha value is -2.25. The lowest BCUT2D eigenvalue weighted by molar-refractivity contribution is -0.222. The summed E-state index contributed by atoms with van der Waals surface area (Å²) >= 11 is 0. The second-order valence-corrected chi connectivity index (χ2v) is 20.7. The third-order valence-corrected chi connectivity index (χ3v) is 15.4. The highest BCUT2D eigenvalue weighted by Crippen LogP contribution is 2.55. The summed E-state index contributed by atoms with van der Waals surface area (Å²) in [4.78, 5) is 13.4. The van der Waals surface area contributed by atoms with Crippen LogP contribution in [-0.4, -0.2) is 87.6 Å². The maximum atomic E-state index is 13.4. The molecular weight excluding hydrogens is 641 g/mol. The van der Waals surface area contributed by atoms with E-state index in [0.29, 0.717) is 32.7 Å². The lowest BCUT2D eigenvalue weighted by Gasteiger charge is -2.56. The molecule has 3 fully saturated rings. The number of aliphatic hydroxyl groups excluding tert-OH is 1. The van der Waals surface area contributed by atoms with Crippen LogP contribution in [0.2, 0.25) is 10.1 Å². The number of carbonyl (C=O) groups excluding carboxylic acids is 1. The van der Waals surface area contributed by atoms with Gasteiger partial charge in [0.05, 0.1) is 56.9 Å². The molecule has 9 atom stereocenters. The molecule has 0 spiro atoms. The molecule has 1 N–H and O–H groups in total. The molecule has 0 amide bonds. The Balaban J connectivity index is 1.13. The molecule has 6 rings (SSSR count). The molecule has 10 heteroatoms. The van der Waals surface area contributed by atoms with E-state index in [-0.39, 0.29) is 53.3 Å². The molecule has 4 aliphatic heterocycles. The van der Waals surface area contributed by atoms with E-state index in [0.717, 1.165) is 11.1 Å². The summed E-state index contributed by atoms with van der Waals surface area (Å²) in [5.41, 5.74) is 2.10. The van der Waals surface area contributed by atoms with Gasteiger partial charge < -0.3 is 37.6 Å². The Morgan fingerprint density at radius 3 is 2.10 bits per heavy atom. The van der Waals surface area contributed by atoms with Gasteiger partial charge in [0.25, 0.3) is 0 Å². The SMILES string of the molecule is CC(C)(C)[Si]1(C(C)(C)C)OC[C@H]2O[C@H]3C=CC(=O)[C@H](C[C@H]4O[C@@H](COCc5ccccc5)[C@H](OCc5ccccc5)C[C@@H]4O)O[C@@H]3C[C@@H]2O1. The van der Waals surface area contributed by atoms with Crippen molar-refractivity contribution in [3.05, 3.63) is 83.9 Å². The highest BCUT2D eigenvalue weighted by atomic mass is 28.4. The van der Waals surface area contributed by atoms with Crippen LogP contribution < -0.4 is 0 Å². The van der Waals surface area contributed by atoms with Crippen LogP contribution in [0.1, 0.15) is 71.9 Å². The zero-order valence-corrected chi connectivity index (χ0v) is 30.8. The highest BCUT2D eigenvalue weighted by Gasteiger charge is 2.63. The molecule has 0 saturated carbocycles. The van der Waals surface area contributed by atoms with E-state index in [1.165, 1.54) is 0 Å². The summed E-state index contributed by atoms with van der Waals surface area (Å²) in [6.45, 7) is 14.8. The van der Waals surface area contributed by atoms with Crippen molar-refractivity contribution in [3.8, 4) is 0 Å². The number of hydrogen-bond donors (Lipinski definition) is 1. The fourth-order valence-electron chi connectivity index (χ4n) is 7.90. The van der Waals surface area contributed by atoms with E-state index < -0.39 is 39.1 Å². The van der Waals surface area contributed by atoms with Crippen LogP contribution in [0.15, 0.2) is 72.8 Å². The average molecular weight is 695 g/mol. The topological polar surface area (TPSA) is 102 Å². The minimum absolute atomic E-state index is 0.158. The number of rotatable bonds is 9. The normalized spacial score (nSPS) is 33.4. The highest BCUT2D eigenvalue weighted by molar-refractivity contribution is 6.73. The molecule has 4 heterocycles. The van der Waals surface area contributed by atoms with Gasteiger partial charge in [-0.2, -0.15) is 0 Å². The van der Waals surface area contributed by atoms with Gasteiger partial charge in [-0.15, -0.1) is 0 Å². The minimum Gasteiger partial charge on any atom is -0.391 e. The first-order valence-electron chi connectivity index (χ1n) is 17.8. The smallest absolute Gasteiger partial charge is 0.349 e. The third kappa shape index (κ3) is 8.29. The number of ketones is 1. The van der Waals surface area contributed by atoms with Crippen molar-refractivity contribution in [1.82, 2.24) is 0 Å². The minimum atomic E-state index is -2.71. The number of carbonyl (C=O) groups is 1. The van der Waals surface area contributed by atoms with E-state index in [1.54, 1.807) is 6.08 Å². The number of fused-ring (bicyclic) bond motifs is 2. The zero-order valence-electron chi connectivity index (χ0n) is 29.8. The maximum absolute atomic E-state index is 13.4. The van der Waals surface area contributed by atoms with Gasteiger partial charge >= 0.3 is 8.56 Å². The van der Waals surface area contributed by atoms with Crippen LogP contribution in [0.25, 0.3) is 0 Å². The molecular formula is C39H54O9Si. The van der Waals surface area contributed by atoms with Crippen LogP contribution in [-0.2, 0) is 50.5 Å². The molecule has 9 nitrogen and oxygen atoms in total. The molecule has 2 aromatic rings. The number of ether oxygens (including phenoxy) is 5. The quantitative estimate of drug-likeness (QED) is 0.307. The number of hydrogen-bond acceptors (Lipinski definition) is 9. The molecule has 0 aromatic heterocycles.